The van der Waals surface area contributed by atoms with Gasteiger partial charge in [-0.15, -0.1) is 0 Å². The number of hydrogen-bond donors (Lipinski definition) is 2. The zero-order valence-electron chi connectivity index (χ0n) is 8.32. The number of aliphatic carboxylic acids is 1. The maximum atomic E-state index is 11.0. The van der Waals surface area contributed by atoms with Crippen molar-refractivity contribution in [2.75, 3.05) is 13.7 Å². The SMILES string of the molecule is CC=CC(=O)NC(CCOC)C(=O)O. The van der Waals surface area contributed by atoms with Gasteiger partial charge >= 0.3 is 5.97 Å². The first-order valence-electron chi connectivity index (χ1n) is 4.26. The molecule has 0 aromatic rings. The third kappa shape index (κ3) is 5.31. The van der Waals surface area contributed by atoms with Crippen molar-refractivity contribution in [2.45, 2.75) is 19.4 Å². The topological polar surface area (TPSA) is 75.6 Å². The number of methoxy groups -OCH3 is 1. The predicted molar refractivity (Wildman–Crippen MR) is 50.9 cm³/mol. The van der Waals surface area contributed by atoms with Crippen molar-refractivity contribution in [3.63, 3.8) is 0 Å². The lowest BCUT2D eigenvalue weighted by atomic mass is 10.2. The number of carboxylic acids is 1. The summed E-state index contributed by atoms with van der Waals surface area (Å²) < 4.78 is 4.73. The fraction of sp³-hybridized carbons (Fsp3) is 0.556. The van der Waals surface area contributed by atoms with Gasteiger partial charge in [0, 0.05) is 20.1 Å². The largest absolute Gasteiger partial charge is 0.480 e. The monoisotopic (exact) mass is 201 g/mol. The van der Waals surface area contributed by atoms with Gasteiger partial charge in [-0.25, -0.2) is 4.79 Å². The van der Waals surface area contributed by atoms with E-state index in [0.717, 1.165) is 0 Å². The highest BCUT2D eigenvalue weighted by Gasteiger charge is 2.17. The first kappa shape index (κ1) is 12.6. The third-order valence-corrected chi connectivity index (χ3v) is 1.54. The van der Waals surface area contributed by atoms with Crippen molar-refractivity contribution in [1.29, 1.82) is 0 Å². The molecule has 5 nitrogen and oxygen atoms in total. The number of carbonyl (C=O) groups is 2. The number of allylic oxidation sites excluding steroid dienone is 1. The van der Waals surface area contributed by atoms with E-state index in [1.165, 1.54) is 13.2 Å². The van der Waals surface area contributed by atoms with Crippen LogP contribution in [-0.2, 0) is 14.3 Å². The lowest BCUT2D eigenvalue weighted by Gasteiger charge is -2.12. The Morgan fingerprint density at radius 2 is 2.21 bits per heavy atom. The van der Waals surface area contributed by atoms with Gasteiger partial charge in [-0.2, -0.15) is 0 Å². The minimum absolute atomic E-state index is 0.259. The van der Waals surface area contributed by atoms with Crippen LogP contribution in [-0.4, -0.2) is 36.7 Å². The molecule has 0 fully saturated rings. The molecule has 1 amide bonds. The quantitative estimate of drug-likeness (QED) is 0.600. The standard InChI is InChI=1S/C9H15NO4/c1-3-4-8(11)10-7(9(12)13)5-6-14-2/h3-4,7H,5-6H2,1-2H3,(H,10,11)(H,12,13). The maximum Gasteiger partial charge on any atom is 0.326 e. The van der Waals surface area contributed by atoms with Crippen molar-refractivity contribution in [3.05, 3.63) is 12.2 Å². The fourth-order valence-electron chi connectivity index (χ4n) is 0.864. The summed E-state index contributed by atoms with van der Waals surface area (Å²) in [5.74, 6) is -1.46. The van der Waals surface area contributed by atoms with Crippen LogP contribution in [0.25, 0.3) is 0 Å². The second-order valence-electron chi connectivity index (χ2n) is 2.68. The highest BCUT2D eigenvalue weighted by atomic mass is 16.5. The molecule has 0 saturated carbocycles. The normalized spacial score (nSPS) is 12.7. The van der Waals surface area contributed by atoms with E-state index in [4.69, 9.17) is 9.84 Å². The minimum atomic E-state index is -1.06. The highest BCUT2D eigenvalue weighted by molar-refractivity contribution is 5.90. The molecule has 80 valence electrons. The van der Waals surface area contributed by atoms with Crippen LogP contribution in [0.15, 0.2) is 12.2 Å². The van der Waals surface area contributed by atoms with Gasteiger partial charge in [0.1, 0.15) is 6.04 Å². The van der Waals surface area contributed by atoms with Crippen molar-refractivity contribution >= 4 is 11.9 Å². The number of rotatable bonds is 6. The average molecular weight is 201 g/mol. The molecule has 0 aliphatic rings. The molecular formula is C9H15NO4. The van der Waals surface area contributed by atoms with E-state index in [1.54, 1.807) is 13.0 Å². The first-order chi connectivity index (χ1) is 6.61. The zero-order valence-corrected chi connectivity index (χ0v) is 8.32. The molecule has 0 bridgehead atoms. The second-order valence-corrected chi connectivity index (χ2v) is 2.68. The van der Waals surface area contributed by atoms with Gasteiger partial charge in [-0.05, 0) is 13.0 Å². The lowest BCUT2D eigenvalue weighted by molar-refractivity contribution is -0.141. The summed E-state index contributed by atoms with van der Waals surface area (Å²) in [6.07, 6.45) is 3.09. The molecule has 5 heteroatoms. The summed E-state index contributed by atoms with van der Waals surface area (Å²) >= 11 is 0. The molecule has 0 aromatic carbocycles. The van der Waals surface area contributed by atoms with Crippen LogP contribution in [0.4, 0.5) is 0 Å². The van der Waals surface area contributed by atoms with E-state index in [-0.39, 0.29) is 6.42 Å². The number of amides is 1. The van der Waals surface area contributed by atoms with Crippen LogP contribution in [0, 0.1) is 0 Å². The Kier molecular flexibility index (Phi) is 6.39. The van der Waals surface area contributed by atoms with Gasteiger partial charge < -0.3 is 15.2 Å². The van der Waals surface area contributed by atoms with Gasteiger partial charge in [-0.3, -0.25) is 4.79 Å². The number of nitrogens with one attached hydrogen (secondary N) is 1. The zero-order chi connectivity index (χ0) is 11.0. The molecule has 2 N–H and O–H groups in total. The minimum Gasteiger partial charge on any atom is -0.480 e. The molecule has 0 aliphatic carbocycles. The summed E-state index contributed by atoms with van der Waals surface area (Å²) in [6.45, 7) is 1.98. The third-order valence-electron chi connectivity index (χ3n) is 1.54. The van der Waals surface area contributed by atoms with E-state index in [1.807, 2.05) is 0 Å². The molecule has 0 aliphatic heterocycles. The molecular weight excluding hydrogens is 186 g/mol. The van der Waals surface area contributed by atoms with Gasteiger partial charge in [0.05, 0.1) is 0 Å². The summed E-state index contributed by atoms with van der Waals surface area (Å²) in [4.78, 5) is 21.7. The first-order valence-corrected chi connectivity index (χ1v) is 4.26. The van der Waals surface area contributed by atoms with Gasteiger partial charge in [0.15, 0.2) is 0 Å². The highest BCUT2D eigenvalue weighted by Crippen LogP contribution is 1.93. The van der Waals surface area contributed by atoms with Crippen LogP contribution >= 0.6 is 0 Å². The second kappa shape index (κ2) is 7.08. The predicted octanol–water partition coefficient (Wildman–Crippen LogP) is 0.168. The molecule has 1 atom stereocenters. The summed E-state index contributed by atoms with van der Waals surface area (Å²) in [5.41, 5.74) is 0. The summed E-state index contributed by atoms with van der Waals surface area (Å²) in [7, 11) is 1.48. The van der Waals surface area contributed by atoms with Crippen LogP contribution < -0.4 is 5.32 Å². The van der Waals surface area contributed by atoms with Crippen LogP contribution in [0.1, 0.15) is 13.3 Å². The number of carbonyl (C=O) groups excluding carboxylic acids is 1. The van der Waals surface area contributed by atoms with Crippen LogP contribution in [0.3, 0.4) is 0 Å². The Morgan fingerprint density at radius 1 is 1.57 bits per heavy atom. The van der Waals surface area contributed by atoms with Crippen molar-refractivity contribution in [3.8, 4) is 0 Å². The Balaban J connectivity index is 4.08. The maximum absolute atomic E-state index is 11.0. The molecule has 0 spiro atoms. The summed E-state index contributed by atoms with van der Waals surface area (Å²) in [6, 6.07) is -0.890. The van der Waals surface area contributed by atoms with E-state index in [0.29, 0.717) is 6.61 Å². The van der Waals surface area contributed by atoms with Crippen molar-refractivity contribution in [2.24, 2.45) is 0 Å². The molecule has 0 aromatic heterocycles. The van der Waals surface area contributed by atoms with E-state index >= 15 is 0 Å². The van der Waals surface area contributed by atoms with E-state index in [9.17, 15) is 9.59 Å². The van der Waals surface area contributed by atoms with Crippen molar-refractivity contribution in [1.82, 2.24) is 5.32 Å². The Labute approximate surface area is 82.7 Å². The number of ether oxygens (including phenoxy) is 1. The lowest BCUT2D eigenvalue weighted by Crippen LogP contribution is -2.40. The van der Waals surface area contributed by atoms with Gasteiger partial charge in [0.2, 0.25) is 5.91 Å². The molecule has 1 unspecified atom stereocenters. The molecule has 14 heavy (non-hydrogen) atoms. The van der Waals surface area contributed by atoms with Crippen molar-refractivity contribution < 1.29 is 19.4 Å². The van der Waals surface area contributed by atoms with Gasteiger partial charge in [0.25, 0.3) is 0 Å². The van der Waals surface area contributed by atoms with Gasteiger partial charge in [-0.1, -0.05) is 6.08 Å². The van der Waals surface area contributed by atoms with Crippen LogP contribution in [0.5, 0.6) is 0 Å². The Bertz CT molecular complexity index is 225. The molecule has 0 radical (unpaired) electrons. The van der Waals surface area contributed by atoms with Crippen LogP contribution in [0.2, 0.25) is 0 Å². The van der Waals surface area contributed by atoms with E-state index in [2.05, 4.69) is 5.32 Å². The Hall–Kier alpha value is -1.36. The fourth-order valence-corrected chi connectivity index (χ4v) is 0.864. The number of carboxylic acid groups (broad SMARTS) is 1. The molecule has 0 heterocycles. The number of hydrogen-bond acceptors (Lipinski definition) is 3. The molecule has 0 rings (SSSR count). The van der Waals surface area contributed by atoms with E-state index < -0.39 is 17.9 Å². The smallest absolute Gasteiger partial charge is 0.326 e. The molecule has 0 saturated heterocycles. The average Bonchev–Trinajstić information content (AvgIpc) is 2.12. The summed E-state index contributed by atoms with van der Waals surface area (Å²) in [5, 5.41) is 11.1. The Morgan fingerprint density at radius 3 is 2.64 bits per heavy atom.